The van der Waals surface area contributed by atoms with E-state index in [0.717, 1.165) is 47.2 Å². The standard InChI is InChI=1S/C24H26N4O3/c1-4-28-12-11-20-18(14-28)22(17-7-5-6-8-19(17)26-20)24(30)31-16(3)23(29)27-21-10-9-15(2)13-25-21/h5-10,13,16H,4,11-12,14H2,1-3H3,(H,25,27,29). The highest BCUT2D eigenvalue weighted by Crippen LogP contribution is 2.29. The summed E-state index contributed by atoms with van der Waals surface area (Å²) in [6.45, 7) is 8.03. The van der Waals surface area contributed by atoms with Gasteiger partial charge in [0, 0.05) is 42.4 Å². The number of carbonyl (C=O) groups excluding carboxylic acids is 2. The Balaban J connectivity index is 1.61. The molecule has 1 N–H and O–H groups in total. The van der Waals surface area contributed by atoms with Crippen molar-refractivity contribution in [3.8, 4) is 0 Å². The fourth-order valence-electron chi connectivity index (χ4n) is 3.79. The number of esters is 1. The number of amides is 1. The highest BCUT2D eigenvalue weighted by Gasteiger charge is 2.28. The largest absolute Gasteiger partial charge is 0.449 e. The summed E-state index contributed by atoms with van der Waals surface area (Å²) in [6.07, 6.45) is 1.48. The second-order valence-electron chi connectivity index (χ2n) is 7.81. The van der Waals surface area contributed by atoms with Crippen molar-refractivity contribution in [2.75, 3.05) is 18.4 Å². The van der Waals surface area contributed by atoms with Gasteiger partial charge in [-0.2, -0.15) is 0 Å². The van der Waals surface area contributed by atoms with Crippen LogP contribution in [0.4, 0.5) is 5.82 Å². The zero-order valence-corrected chi connectivity index (χ0v) is 18.0. The fraction of sp³-hybridized carbons (Fsp3) is 0.333. The quantitative estimate of drug-likeness (QED) is 0.639. The first kappa shape index (κ1) is 20.9. The molecule has 0 aliphatic carbocycles. The minimum absolute atomic E-state index is 0.420. The van der Waals surface area contributed by atoms with Gasteiger partial charge in [-0.1, -0.05) is 31.2 Å². The van der Waals surface area contributed by atoms with Gasteiger partial charge in [0.2, 0.25) is 0 Å². The Labute approximate surface area is 181 Å². The maximum atomic E-state index is 13.3. The number of ether oxygens (including phenoxy) is 1. The van der Waals surface area contributed by atoms with Crippen LogP contribution in [-0.4, -0.2) is 45.9 Å². The Morgan fingerprint density at radius 2 is 2.03 bits per heavy atom. The van der Waals surface area contributed by atoms with Gasteiger partial charge in [0.05, 0.1) is 11.1 Å². The molecule has 1 aromatic carbocycles. The van der Waals surface area contributed by atoms with E-state index in [0.29, 0.717) is 17.9 Å². The number of rotatable bonds is 5. The molecular weight excluding hydrogens is 392 g/mol. The first-order valence-electron chi connectivity index (χ1n) is 10.5. The molecule has 7 nitrogen and oxygen atoms in total. The van der Waals surface area contributed by atoms with Gasteiger partial charge in [0.25, 0.3) is 5.91 Å². The molecule has 4 rings (SSSR count). The van der Waals surface area contributed by atoms with Crippen LogP contribution >= 0.6 is 0 Å². The van der Waals surface area contributed by atoms with Crippen molar-refractivity contribution in [2.24, 2.45) is 0 Å². The van der Waals surface area contributed by atoms with Crippen molar-refractivity contribution in [3.05, 3.63) is 65.0 Å². The summed E-state index contributed by atoms with van der Waals surface area (Å²) in [5.41, 5.74) is 4.08. The van der Waals surface area contributed by atoms with E-state index >= 15 is 0 Å². The second-order valence-corrected chi connectivity index (χ2v) is 7.81. The van der Waals surface area contributed by atoms with Crippen LogP contribution < -0.4 is 5.32 Å². The maximum Gasteiger partial charge on any atom is 0.339 e. The Kier molecular flexibility index (Phi) is 5.95. The SMILES string of the molecule is CCN1CCc2nc3ccccc3c(C(=O)OC(C)C(=O)Nc3ccc(C)cn3)c2C1. The van der Waals surface area contributed by atoms with Crippen LogP contribution in [0.3, 0.4) is 0 Å². The average Bonchev–Trinajstić information content (AvgIpc) is 2.78. The minimum atomic E-state index is -0.968. The average molecular weight is 418 g/mol. The first-order chi connectivity index (χ1) is 15.0. The first-order valence-corrected chi connectivity index (χ1v) is 10.5. The number of nitrogens with one attached hydrogen (secondary N) is 1. The predicted molar refractivity (Wildman–Crippen MR) is 119 cm³/mol. The Hall–Kier alpha value is -3.32. The van der Waals surface area contributed by atoms with E-state index in [4.69, 9.17) is 9.72 Å². The molecule has 160 valence electrons. The zero-order valence-electron chi connectivity index (χ0n) is 18.0. The van der Waals surface area contributed by atoms with Crippen molar-refractivity contribution in [1.29, 1.82) is 0 Å². The molecule has 0 spiro atoms. The molecule has 1 aliphatic rings. The van der Waals surface area contributed by atoms with Crippen molar-refractivity contribution in [1.82, 2.24) is 14.9 Å². The van der Waals surface area contributed by atoms with Gasteiger partial charge in [-0.25, -0.2) is 9.78 Å². The van der Waals surface area contributed by atoms with Gasteiger partial charge in [-0.3, -0.25) is 14.7 Å². The van der Waals surface area contributed by atoms with Crippen molar-refractivity contribution >= 4 is 28.6 Å². The molecule has 1 amide bonds. The maximum absolute atomic E-state index is 13.3. The smallest absolute Gasteiger partial charge is 0.339 e. The van der Waals surface area contributed by atoms with Crippen LogP contribution in [0.1, 0.15) is 41.0 Å². The van der Waals surface area contributed by atoms with Crippen LogP contribution in [-0.2, 0) is 22.5 Å². The number of hydrogen-bond donors (Lipinski definition) is 1. The summed E-state index contributed by atoms with van der Waals surface area (Å²) < 4.78 is 5.61. The van der Waals surface area contributed by atoms with Gasteiger partial charge < -0.3 is 10.1 Å². The molecule has 0 saturated carbocycles. The summed E-state index contributed by atoms with van der Waals surface area (Å²) in [5.74, 6) is -0.511. The minimum Gasteiger partial charge on any atom is -0.449 e. The van der Waals surface area contributed by atoms with Crippen LogP contribution in [0.2, 0.25) is 0 Å². The Morgan fingerprint density at radius 1 is 1.23 bits per heavy atom. The number of fused-ring (bicyclic) bond motifs is 2. The fourth-order valence-corrected chi connectivity index (χ4v) is 3.79. The summed E-state index contributed by atoms with van der Waals surface area (Å²) >= 11 is 0. The number of anilines is 1. The summed E-state index contributed by atoms with van der Waals surface area (Å²) in [6, 6.07) is 11.1. The topological polar surface area (TPSA) is 84.4 Å². The molecule has 31 heavy (non-hydrogen) atoms. The molecule has 1 atom stereocenters. The number of pyridine rings is 2. The molecular formula is C24H26N4O3. The van der Waals surface area contributed by atoms with Crippen molar-refractivity contribution < 1.29 is 14.3 Å². The monoisotopic (exact) mass is 418 g/mol. The highest BCUT2D eigenvalue weighted by molar-refractivity contribution is 6.06. The van der Waals surface area contributed by atoms with E-state index in [2.05, 4.69) is 22.1 Å². The Morgan fingerprint density at radius 3 is 2.77 bits per heavy atom. The summed E-state index contributed by atoms with van der Waals surface area (Å²) in [5, 5.41) is 3.44. The van der Waals surface area contributed by atoms with Crippen molar-refractivity contribution in [2.45, 2.75) is 39.8 Å². The second kappa shape index (κ2) is 8.81. The van der Waals surface area contributed by atoms with Crippen LogP contribution in [0.15, 0.2) is 42.6 Å². The lowest BCUT2D eigenvalue weighted by Gasteiger charge is -2.29. The lowest BCUT2D eigenvalue weighted by atomic mass is 9.95. The third-order valence-electron chi connectivity index (χ3n) is 5.59. The summed E-state index contributed by atoms with van der Waals surface area (Å²) in [7, 11) is 0. The van der Waals surface area contributed by atoms with E-state index in [1.807, 2.05) is 37.3 Å². The number of likely N-dealkylation sites (N-methyl/N-ethyl adjacent to an activating group) is 1. The zero-order chi connectivity index (χ0) is 22.0. The lowest BCUT2D eigenvalue weighted by molar-refractivity contribution is -0.123. The molecule has 0 bridgehead atoms. The molecule has 1 aliphatic heterocycles. The molecule has 0 fully saturated rings. The van der Waals surface area contributed by atoms with E-state index in [9.17, 15) is 9.59 Å². The third kappa shape index (κ3) is 4.41. The van der Waals surface area contributed by atoms with Crippen LogP contribution in [0.25, 0.3) is 10.9 Å². The molecule has 3 heterocycles. The molecule has 0 radical (unpaired) electrons. The van der Waals surface area contributed by atoms with E-state index < -0.39 is 18.0 Å². The number of para-hydroxylation sites is 1. The van der Waals surface area contributed by atoms with E-state index in [1.165, 1.54) is 0 Å². The Bertz CT molecular complexity index is 1130. The van der Waals surface area contributed by atoms with E-state index in [1.54, 1.807) is 19.2 Å². The number of aromatic nitrogens is 2. The number of benzene rings is 1. The third-order valence-corrected chi connectivity index (χ3v) is 5.59. The molecule has 3 aromatic rings. The predicted octanol–water partition coefficient (Wildman–Crippen LogP) is 3.50. The van der Waals surface area contributed by atoms with Crippen LogP contribution in [0.5, 0.6) is 0 Å². The van der Waals surface area contributed by atoms with Gasteiger partial charge in [0.1, 0.15) is 5.82 Å². The molecule has 0 saturated heterocycles. The summed E-state index contributed by atoms with van der Waals surface area (Å²) in [4.78, 5) is 37.1. The van der Waals surface area contributed by atoms with Gasteiger partial charge in [0.15, 0.2) is 6.10 Å². The van der Waals surface area contributed by atoms with Gasteiger partial charge in [-0.15, -0.1) is 0 Å². The van der Waals surface area contributed by atoms with E-state index in [-0.39, 0.29) is 0 Å². The molecule has 7 heteroatoms. The molecule has 2 aromatic heterocycles. The highest BCUT2D eigenvalue weighted by atomic mass is 16.5. The normalized spacial score (nSPS) is 14.7. The number of hydrogen-bond acceptors (Lipinski definition) is 6. The number of carbonyl (C=O) groups is 2. The number of nitrogens with zero attached hydrogens (tertiary/aromatic N) is 3. The lowest BCUT2D eigenvalue weighted by Crippen LogP contribution is -2.34. The van der Waals surface area contributed by atoms with Gasteiger partial charge >= 0.3 is 5.97 Å². The number of aryl methyl sites for hydroxylation is 1. The van der Waals surface area contributed by atoms with Gasteiger partial charge in [-0.05, 0) is 38.1 Å². The molecule has 1 unspecified atom stereocenters. The van der Waals surface area contributed by atoms with Crippen LogP contribution in [0, 0.1) is 6.92 Å². The van der Waals surface area contributed by atoms with Crippen molar-refractivity contribution in [3.63, 3.8) is 0 Å².